The van der Waals surface area contributed by atoms with E-state index in [4.69, 9.17) is 14.6 Å². The largest absolute Gasteiger partial charge is 0.480 e. The molecule has 8 heteroatoms. The van der Waals surface area contributed by atoms with Crippen LogP contribution in [0.1, 0.15) is 37.3 Å². The Morgan fingerprint density at radius 2 is 1.64 bits per heavy atom. The second kappa shape index (κ2) is 11.5. The number of likely N-dealkylation sites (N-methyl/N-ethyl adjacent to an activating group) is 1. The number of nitrogens with zero attached hydrogens (tertiary/aromatic N) is 1. The highest BCUT2D eigenvalue weighted by atomic mass is 16.5. The van der Waals surface area contributed by atoms with Crippen LogP contribution in [0.3, 0.4) is 0 Å². The first kappa shape index (κ1) is 24.3. The Kier molecular flexibility index (Phi) is 8.43. The minimum Gasteiger partial charge on any atom is -0.480 e. The fourth-order valence-corrected chi connectivity index (χ4v) is 4.14. The summed E-state index contributed by atoms with van der Waals surface area (Å²) < 4.78 is 11.1. The number of aliphatic carboxylic acids is 1. The van der Waals surface area contributed by atoms with Crippen LogP contribution in [-0.2, 0) is 19.1 Å². The molecule has 0 saturated heterocycles. The van der Waals surface area contributed by atoms with Gasteiger partial charge in [0.1, 0.15) is 13.2 Å². The summed E-state index contributed by atoms with van der Waals surface area (Å²) >= 11 is 0. The van der Waals surface area contributed by atoms with Gasteiger partial charge in [0, 0.05) is 25.6 Å². The molecule has 33 heavy (non-hydrogen) atoms. The molecule has 1 aliphatic carbocycles. The third-order valence-corrected chi connectivity index (χ3v) is 5.68. The van der Waals surface area contributed by atoms with Crippen molar-refractivity contribution in [2.24, 2.45) is 0 Å². The van der Waals surface area contributed by atoms with Gasteiger partial charge in [0.15, 0.2) is 0 Å². The number of fused-ring (bicyclic) bond motifs is 3. The number of amides is 2. The highest BCUT2D eigenvalue weighted by Crippen LogP contribution is 2.44. The van der Waals surface area contributed by atoms with Crippen molar-refractivity contribution in [2.45, 2.75) is 32.3 Å². The Bertz CT molecular complexity index is 947. The Morgan fingerprint density at radius 1 is 1.03 bits per heavy atom. The lowest BCUT2D eigenvalue weighted by Gasteiger charge is -2.23. The summed E-state index contributed by atoms with van der Waals surface area (Å²) in [5, 5.41) is 11.6. The predicted octanol–water partition coefficient (Wildman–Crippen LogP) is 3.25. The molecule has 2 N–H and O–H groups in total. The molecule has 3 rings (SSSR count). The lowest BCUT2D eigenvalue weighted by molar-refractivity contribution is -0.145. The number of ether oxygens (including phenoxy) is 2. The van der Waals surface area contributed by atoms with Gasteiger partial charge in [-0.3, -0.25) is 9.59 Å². The van der Waals surface area contributed by atoms with Crippen LogP contribution in [0.4, 0.5) is 4.79 Å². The van der Waals surface area contributed by atoms with Crippen molar-refractivity contribution < 1.29 is 29.0 Å². The summed E-state index contributed by atoms with van der Waals surface area (Å²) in [4.78, 5) is 37.0. The SMILES string of the molecule is CCOC(CNC(=O)OCC1c2ccccc2-c2ccccc21)CC(=O)N(CC)CC(=O)O. The summed E-state index contributed by atoms with van der Waals surface area (Å²) in [6.07, 6.45) is -1.20. The quantitative estimate of drug-likeness (QED) is 0.540. The van der Waals surface area contributed by atoms with E-state index < -0.39 is 18.2 Å². The lowest BCUT2D eigenvalue weighted by Crippen LogP contribution is -2.41. The Labute approximate surface area is 193 Å². The summed E-state index contributed by atoms with van der Waals surface area (Å²) in [6, 6.07) is 16.2. The van der Waals surface area contributed by atoms with E-state index in [1.54, 1.807) is 13.8 Å². The predicted molar refractivity (Wildman–Crippen MR) is 123 cm³/mol. The van der Waals surface area contributed by atoms with Crippen molar-refractivity contribution in [3.05, 3.63) is 59.7 Å². The van der Waals surface area contributed by atoms with E-state index in [1.165, 1.54) is 4.90 Å². The van der Waals surface area contributed by atoms with Crippen molar-refractivity contribution in [2.75, 3.05) is 32.8 Å². The molecule has 8 nitrogen and oxygen atoms in total. The molecular weight excluding hydrogens is 424 g/mol. The standard InChI is InChI=1S/C25H30N2O6/c1-3-27(15-24(29)30)23(28)13-17(32-4-2)14-26-25(31)33-16-22-20-11-7-5-9-18(20)19-10-6-8-12-21(19)22/h5-12,17,22H,3-4,13-16H2,1-2H3,(H,26,31)(H,29,30). The number of rotatable bonds is 11. The zero-order valence-corrected chi connectivity index (χ0v) is 19.0. The molecule has 2 aromatic rings. The first-order valence-corrected chi connectivity index (χ1v) is 11.1. The van der Waals surface area contributed by atoms with Gasteiger partial charge in [0.2, 0.25) is 5.91 Å². The normalized spacial score (nSPS) is 13.0. The van der Waals surface area contributed by atoms with Crippen LogP contribution in [0, 0.1) is 0 Å². The third-order valence-electron chi connectivity index (χ3n) is 5.68. The number of carbonyl (C=O) groups is 3. The topological polar surface area (TPSA) is 105 Å². The van der Waals surface area contributed by atoms with Gasteiger partial charge in [-0.05, 0) is 36.1 Å². The highest BCUT2D eigenvalue weighted by molar-refractivity contribution is 5.82. The fourth-order valence-electron chi connectivity index (χ4n) is 4.14. The molecule has 0 fully saturated rings. The fraction of sp³-hybridized carbons (Fsp3) is 0.400. The van der Waals surface area contributed by atoms with Crippen molar-refractivity contribution in [3.63, 3.8) is 0 Å². The van der Waals surface area contributed by atoms with E-state index in [-0.39, 0.29) is 44.5 Å². The summed E-state index contributed by atoms with van der Waals surface area (Å²) in [7, 11) is 0. The van der Waals surface area contributed by atoms with Gasteiger partial charge < -0.3 is 24.8 Å². The van der Waals surface area contributed by atoms with Crippen molar-refractivity contribution in [1.29, 1.82) is 0 Å². The number of carboxylic acids is 1. The molecule has 1 aliphatic rings. The van der Waals surface area contributed by atoms with E-state index in [1.807, 2.05) is 24.3 Å². The minimum atomic E-state index is -1.07. The van der Waals surface area contributed by atoms with Crippen LogP contribution in [0.15, 0.2) is 48.5 Å². The zero-order valence-electron chi connectivity index (χ0n) is 19.0. The Morgan fingerprint density at radius 3 is 2.18 bits per heavy atom. The Hall–Kier alpha value is -3.39. The average molecular weight is 455 g/mol. The molecule has 1 unspecified atom stereocenters. The molecular formula is C25H30N2O6. The number of benzene rings is 2. The number of carboxylic acid groups (broad SMARTS) is 1. The van der Waals surface area contributed by atoms with Crippen molar-refractivity contribution >= 4 is 18.0 Å². The van der Waals surface area contributed by atoms with E-state index in [0.717, 1.165) is 22.3 Å². The maximum atomic E-state index is 12.4. The molecule has 0 radical (unpaired) electrons. The van der Waals surface area contributed by atoms with Gasteiger partial charge in [-0.2, -0.15) is 0 Å². The number of alkyl carbamates (subject to hydrolysis) is 1. The molecule has 0 aromatic heterocycles. The summed E-state index contributed by atoms with van der Waals surface area (Å²) in [5.74, 6) is -1.45. The minimum absolute atomic E-state index is 0.0292. The number of hydrogen-bond acceptors (Lipinski definition) is 5. The zero-order chi connectivity index (χ0) is 23.8. The number of hydrogen-bond donors (Lipinski definition) is 2. The van der Waals surface area contributed by atoms with Crippen LogP contribution >= 0.6 is 0 Å². The third kappa shape index (κ3) is 6.10. The molecule has 0 bridgehead atoms. The first-order chi connectivity index (χ1) is 15.9. The summed E-state index contributed by atoms with van der Waals surface area (Å²) in [5.41, 5.74) is 4.56. The van der Waals surface area contributed by atoms with Crippen LogP contribution in [0.25, 0.3) is 11.1 Å². The number of carbonyl (C=O) groups excluding carboxylic acids is 2. The van der Waals surface area contributed by atoms with E-state index >= 15 is 0 Å². The van der Waals surface area contributed by atoms with Crippen molar-refractivity contribution in [1.82, 2.24) is 10.2 Å². The average Bonchev–Trinajstić information content (AvgIpc) is 3.13. The van der Waals surface area contributed by atoms with Crippen LogP contribution < -0.4 is 5.32 Å². The summed E-state index contributed by atoms with van der Waals surface area (Å²) in [6.45, 7) is 4.05. The molecule has 0 saturated carbocycles. The lowest BCUT2D eigenvalue weighted by atomic mass is 9.98. The van der Waals surface area contributed by atoms with Crippen LogP contribution in [0.2, 0.25) is 0 Å². The molecule has 2 amide bonds. The number of nitrogens with one attached hydrogen (secondary N) is 1. The van der Waals surface area contributed by atoms with Crippen LogP contribution in [0.5, 0.6) is 0 Å². The second-order valence-electron chi connectivity index (χ2n) is 7.79. The van der Waals surface area contributed by atoms with Gasteiger partial charge in [-0.15, -0.1) is 0 Å². The van der Waals surface area contributed by atoms with Gasteiger partial charge in [-0.25, -0.2) is 4.79 Å². The molecule has 0 aliphatic heterocycles. The van der Waals surface area contributed by atoms with E-state index in [0.29, 0.717) is 6.61 Å². The van der Waals surface area contributed by atoms with Crippen LogP contribution in [-0.4, -0.2) is 66.9 Å². The van der Waals surface area contributed by atoms with Gasteiger partial charge in [0.05, 0.1) is 12.5 Å². The van der Waals surface area contributed by atoms with Crippen molar-refractivity contribution in [3.8, 4) is 11.1 Å². The molecule has 0 spiro atoms. The highest BCUT2D eigenvalue weighted by Gasteiger charge is 2.29. The Balaban J connectivity index is 1.55. The molecule has 2 aromatic carbocycles. The maximum Gasteiger partial charge on any atom is 0.407 e. The van der Waals surface area contributed by atoms with E-state index in [2.05, 4.69) is 29.6 Å². The van der Waals surface area contributed by atoms with Gasteiger partial charge in [0.25, 0.3) is 0 Å². The molecule has 0 heterocycles. The van der Waals surface area contributed by atoms with Gasteiger partial charge in [-0.1, -0.05) is 48.5 Å². The maximum absolute atomic E-state index is 12.4. The van der Waals surface area contributed by atoms with Gasteiger partial charge >= 0.3 is 12.1 Å². The first-order valence-electron chi connectivity index (χ1n) is 11.1. The smallest absolute Gasteiger partial charge is 0.407 e. The second-order valence-corrected chi connectivity index (χ2v) is 7.79. The van der Waals surface area contributed by atoms with E-state index in [9.17, 15) is 14.4 Å². The monoisotopic (exact) mass is 454 g/mol. The molecule has 176 valence electrons. The molecule has 1 atom stereocenters.